The van der Waals surface area contributed by atoms with E-state index in [9.17, 15) is 0 Å². The molecule has 16 heavy (non-hydrogen) atoms. The van der Waals surface area contributed by atoms with Crippen molar-refractivity contribution in [1.29, 1.82) is 0 Å². The lowest BCUT2D eigenvalue weighted by atomic mass is 10.1. The van der Waals surface area contributed by atoms with E-state index >= 15 is 0 Å². The summed E-state index contributed by atoms with van der Waals surface area (Å²) in [7, 11) is 0. The summed E-state index contributed by atoms with van der Waals surface area (Å²) >= 11 is 0. The Morgan fingerprint density at radius 3 is 2.88 bits per heavy atom. The lowest BCUT2D eigenvalue weighted by Gasteiger charge is -2.12. The molecular weight excluding hydrogens is 196 g/mol. The molecule has 1 atom stereocenters. The van der Waals surface area contributed by atoms with E-state index in [1.54, 1.807) is 0 Å². The van der Waals surface area contributed by atoms with Crippen LogP contribution in [0.15, 0.2) is 18.2 Å². The van der Waals surface area contributed by atoms with Crippen LogP contribution in [0.4, 0.5) is 5.69 Å². The van der Waals surface area contributed by atoms with Gasteiger partial charge in [-0.2, -0.15) is 0 Å². The van der Waals surface area contributed by atoms with Crippen molar-refractivity contribution in [2.75, 3.05) is 18.4 Å². The molecule has 0 amide bonds. The van der Waals surface area contributed by atoms with Gasteiger partial charge in [-0.1, -0.05) is 6.07 Å². The van der Waals surface area contributed by atoms with Gasteiger partial charge in [0.25, 0.3) is 0 Å². The maximum absolute atomic E-state index is 3.52. The molecule has 0 aromatic heterocycles. The number of benzene rings is 1. The van der Waals surface area contributed by atoms with Gasteiger partial charge in [0, 0.05) is 18.3 Å². The van der Waals surface area contributed by atoms with Gasteiger partial charge >= 0.3 is 0 Å². The van der Waals surface area contributed by atoms with E-state index in [4.69, 9.17) is 0 Å². The highest BCUT2D eigenvalue weighted by Crippen LogP contribution is 2.15. The van der Waals surface area contributed by atoms with Crippen LogP contribution in [0.1, 0.15) is 30.4 Å². The highest BCUT2D eigenvalue weighted by Gasteiger charge is 2.12. The number of rotatable bonds is 4. The monoisotopic (exact) mass is 218 g/mol. The van der Waals surface area contributed by atoms with E-state index in [1.807, 2.05) is 0 Å². The van der Waals surface area contributed by atoms with Crippen LogP contribution in [0.5, 0.6) is 0 Å². The minimum absolute atomic E-state index is 0.735. The first-order valence-corrected chi connectivity index (χ1v) is 6.30. The Morgan fingerprint density at radius 1 is 1.31 bits per heavy atom. The van der Waals surface area contributed by atoms with E-state index in [2.05, 4.69) is 42.7 Å². The van der Waals surface area contributed by atoms with Crippen molar-refractivity contribution in [3.8, 4) is 0 Å². The summed E-state index contributed by atoms with van der Waals surface area (Å²) in [4.78, 5) is 0. The number of anilines is 1. The van der Waals surface area contributed by atoms with Crippen LogP contribution in [0.25, 0.3) is 0 Å². The second-order valence-corrected chi connectivity index (χ2v) is 4.81. The van der Waals surface area contributed by atoms with Gasteiger partial charge < -0.3 is 10.6 Å². The first kappa shape index (κ1) is 11.5. The third-order valence-electron chi connectivity index (χ3n) is 3.49. The number of hydrogen-bond donors (Lipinski definition) is 2. The smallest absolute Gasteiger partial charge is 0.0343 e. The fourth-order valence-corrected chi connectivity index (χ4v) is 2.25. The maximum Gasteiger partial charge on any atom is 0.0343 e. The van der Waals surface area contributed by atoms with E-state index in [1.165, 1.54) is 42.6 Å². The van der Waals surface area contributed by atoms with E-state index < -0.39 is 0 Å². The third kappa shape index (κ3) is 2.99. The SMILES string of the molecule is Cc1ccc(NCCC2CCCN2)cc1C. The van der Waals surface area contributed by atoms with Crippen LogP contribution < -0.4 is 10.6 Å². The number of aryl methyl sites for hydroxylation is 2. The molecule has 1 fully saturated rings. The zero-order chi connectivity index (χ0) is 11.4. The van der Waals surface area contributed by atoms with Gasteiger partial charge in [-0.25, -0.2) is 0 Å². The first-order valence-electron chi connectivity index (χ1n) is 6.30. The Labute approximate surface area is 98.4 Å². The molecular formula is C14H22N2. The second kappa shape index (κ2) is 5.35. The molecule has 0 saturated carbocycles. The fraction of sp³-hybridized carbons (Fsp3) is 0.571. The Bertz CT molecular complexity index is 341. The fourth-order valence-electron chi connectivity index (χ4n) is 2.25. The van der Waals surface area contributed by atoms with Gasteiger partial charge in [0.1, 0.15) is 0 Å². The van der Waals surface area contributed by atoms with Gasteiger partial charge in [-0.15, -0.1) is 0 Å². The molecule has 0 spiro atoms. The molecule has 88 valence electrons. The standard InChI is InChI=1S/C14H22N2/c1-11-5-6-14(10-12(11)2)16-9-7-13-4-3-8-15-13/h5-6,10,13,15-16H,3-4,7-9H2,1-2H3. The largest absolute Gasteiger partial charge is 0.385 e. The summed E-state index contributed by atoms with van der Waals surface area (Å²) in [6.45, 7) is 6.59. The molecule has 1 heterocycles. The molecule has 0 radical (unpaired) electrons. The summed E-state index contributed by atoms with van der Waals surface area (Å²) in [6.07, 6.45) is 3.91. The highest BCUT2D eigenvalue weighted by atomic mass is 14.9. The first-order chi connectivity index (χ1) is 7.75. The van der Waals surface area contributed by atoms with Gasteiger partial charge in [0.05, 0.1) is 0 Å². The topological polar surface area (TPSA) is 24.1 Å². The summed E-state index contributed by atoms with van der Waals surface area (Å²) in [5.41, 5.74) is 3.98. The van der Waals surface area contributed by atoms with Crippen LogP contribution in [0.2, 0.25) is 0 Å². The normalized spacial score (nSPS) is 20.0. The van der Waals surface area contributed by atoms with Crippen molar-refractivity contribution in [2.45, 2.75) is 39.2 Å². The molecule has 1 saturated heterocycles. The third-order valence-corrected chi connectivity index (χ3v) is 3.49. The molecule has 1 aromatic carbocycles. The van der Waals surface area contributed by atoms with Crippen LogP contribution in [-0.4, -0.2) is 19.1 Å². The number of nitrogens with one attached hydrogen (secondary N) is 2. The lowest BCUT2D eigenvalue weighted by Crippen LogP contribution is -2.24. The van der Waals surface area contributed by atoms with Crippen molar-refractivity contribution in [3.63, 3.8) is 0 Å². The van der Waals surface area contributed by atoms with Crippen LogP contribution in [0.3, 0.4) is 0 Å². The quantitative estimate of drug-likeness (QED) is 0.812. The Hall–Kier alpha value is -1.02. The lowest BCUT2D eigenvalue weighted by molar-refractivity contribution is 0.574. The minimum Gasteiger partial charge on any atom is -0.385 e. The summed E-state index contributed by atoms with van der Waals surface area (Å²) in [5.74, 6) is 0. The summed E-state index contributed by atoms with van der Waals surface area (Å²) in [5, 5.41) is 7.02. The summed E-state index contributed by atoms with van der Waals surface area (Å²) < 4.78 is 0. The van der Waals surface area contributed by atoms with Crippen molar-refractivity contribution in [1.82, 2.24) is 5.32 Å². The van der Waals surface area contributed by atoms with Gasteiger partial charge in [-0.05, 0) is 62.9 Å². The molecule has 2 heteroatoms. The van der Waals surface area contributed by atoms with E-state index in [0.29, 0.717) is 0 Å². The van der Waals surface area contributed by atoms with Crippen LogP contribution in [0, 0.1) is 13.8 Å². The molecule has 2 nitrogen and oxygen atoms in total. The predicted molar refractivity (Wildman–Crippen MR) is 70.0 cm³/mol. The Balaban J connectivity index is 1.78. The summed E-state index contributed by atoms with van der Waals surface area (Å²) in [6, 6.07) is 7.33. The average Bonchev–Trinajstić information content (AvgIpc) is 2.76. The van der Waals surface area contributed by atoms with Crippen molar-refractivity contribution < 1.29 is 0 Å². The maximum atomic E-state index is 3.52. The Kier molecular flexibility index (Phi) is 3.83. The molecule has 1 aliphatic heterocycles. The predicted octanol–water partition coefficient (Wildman–Crippen LogP) is 2.86. The van der Waals surface area contributed by atoms with Crippen molar-refractivity contribution in [3.05, 3.63) is 29.3 Å². The molecule has 1 unspecified atom stereocenters. The molecule has 0 aliphatic carbocycles. The molecule has 1 aliphatic rings. The zero-order valence-electron chi connectivity index (χ0n) is 10.3. The molecule has 1 aromatic rings. The van der Waals surface area contributed by atoms with E-state index in [0.717, 1.165) is 12.6 Å². The van der Waals surface area contributed by atoms with Crippen LogP contribution >= 0.6 is 0 Å². The Morgan fingerprint density at radius 2 is 2.19 bits per heavy atom. The van der Waals surface area contributed by atoms with Crippen LogP contribution in [-0.2, 0) is 0 Å². The van der Waals surface area contributed by atoms with Gasteiger partial charge in [-0.3, -0.25) is 0 Å². The average molecular weight is 218 g/mol. The van der Waals surface area contributed by atoms with Crippen molar-refractivity contribution >= 4 is 5.69 Å². The number of hydrogen-bond acceptors (Lipinski definition) is 2. The second-order valence-electron chi connectivity index (χ2n) is 4.81. The molecule has 2 rings (SSSR count). The highest BCUT2D eigenvalue weighted by molar-refractivity contribution is 5.47. The molecule has 0 bridgehead atoms. The van der Waals surface area contributed by atoms with Gasteiger partial charge in [0.2, 0.25) is 0 Å². The minimum atomic E-state index is 0.735. The van der Waals surface area contributed by atoms with Crippen molar-refractivity contribution in [2.24, 2.45) is 0 Å². The zero-order valence-corrected chi connectivity index (χ0v) is 10.3. The van der Waals surface area contributed by atoms with Gasteiger partial charge in [0.15, 0.2) is 0 Å². The van der Waals surface area contributed by atoms with E-state index in [-0.39, 0.29) is 0 Å². The molecule has 2 N–H and O–H groups in total.